The molecule has 0 unspecified atom stereocenters. The maximum atomic E-state index is 11.9. The van der Waals surface area contributed by atoms with Gasteiger partial charge in [0, 0.05) is 19.3 Å². The van der Waals surface area contributed by atoms with E-state index in [9.17, 15) is 9.59 Å². The highest BCUT2D eigenvalue weighted by atomic mass is 16.4. The number of likely N-dealkylation sites (N-methyl/N-ethyl adjacent to an activating group) is 1. The number of carbonyl (C=O) groups excluding carboxylic acids is 1. The van der Waals surface area contributed by atoms with Crippen LogP contribution in [-0.4, -0.2) is 75.5 Å². The summed E-state index contributed by atoms with van der Waals surface area (Å²) in [7, 11) is 3.72. The average Bonchev–Trinajstić information content (AvgIpc) is 2.76. The fourth-order valence-electron chi connectivity index (χ4n) is 1.33. The first-order valence-electron chi connectivity index (χ1n) is 5.47. The Kier molecular flexibility index (Phi) is 5.25. The molecule has 1 aromatic rings. The van der Waals surface area contributed by atoms with Crippen molar-refractivity contribution in [3.63, 3.8) is 0 Å². The fraction of sp³-hybridized carbons (Fsp3) is 0.600. The molecule has 0 aliphatic rings. The first-order chi connectivity index (χ1) is 8.49. The number of aliphatic carboxylic acids is 1. The van der Waals surface area contributed by atoms with Crippen molar-refractivity contribution in [1.82, 2.24) is 24.8 Å². The Morgan fingerprint density at radius 3 is 2.56 bits per heavy atom. The zero-order valence-electron chi connectivity index (χ0n) is 10.5. The van der Waals surface area contributed by atoms with E-state index in [1.165, 1.54) is 15.8 Å². The Balaban J connectivity index is 2.57. The number of hydrogen-bond acceptors (Lipinski definition) is 5. The molecule has 18 heavy (non-hydrogen) atoms. The molecule has 1 N–H and O–H groups in total. The van der Waals surface area contributed by atoms with Crippen LogP contribution < -0.4 is 0 Å². The van der Waals surface area contributed by atoms with Crippen LogP contribution in [0.5, 0.6) is 0 Å². The molecule has 1 aromatic heterocycles. The Labute approximate surface area is 105 Å². The van der Waals surface area contributed by atoms with Gasteiger partial charge in [-0.05, 0) is 14.1 Å². The molecule has 0 aromatic carbocycles. The number of carbonyl (C=O) groups is 2. The molecule has 8 heteroatoms. The van der Waals surface area contributed by atoms with Crippen molar-refractivity contribution in [1.29, 1.82) is 0 Å². The van der Waals surface area contributed by atoms with E-state index in [4.69, 9.17) is 5.11 Å². The van der Waals surface area contributed by atoms with Crippen LogP contribution in [0, 0.1) is 0 Å². The molecule has 0 aliphatic heterocycles. The Morgan fingerprint density at radius 2 is 2.06 bits per heavy atom. The Morgan fingerprint density at radius 1 is 1.33 bits per heavy atom. The van der Waals surface area contributed by atoms with E-state index >= 15 is 0 Å². The van der Waals surface area contributed by atoms with Crippen molar-refractivity contribution in [3.8, 4) is 0 Å². The number of hydrogen-bond donors (Lipinski definition) is 1. The second-order valence-corrected chi connectivity index (χ2v) is 4.11. The minimum Gasteiger partial charge on any atom is -0.480 e. The third kappa shape index (κ3) is 4.91. The van der Waals surface area contributed by atoms with Crippen LogP contribution in [0.1, 0.15) is 0 Å². The third-order valence-corrected chi connectivity index (χ3v) is 2.27. The molecule has 0 atom stereocenters. The SMILES string of the molecule is CN(C)CCN(CC(=O)O)C(=O)Cn1ccnn1. The van der Waals surface area contributed by atoms with Crippen LogP contribution in [-0.2, 0) is 16.1 Å². The molecule has 8 nitrogen and oxygen atoms in total. The van der Waals surface area contributed by atoms with Crippen molar-refractivity contribution in [2.75, 3.05) is 33.7 Å². The number of carboxylic acids is 1. The molecule has 0 bridgehead atoms. The lowest BCUT2D eigenvalue weighted by atomic mass is 10.4. The summed E-state index contributed by atoms with van der Waals surface area (Å²) >= 11 is 0. The van der Waals surface area contributed by atoms with Gasteiger partial charge in [0.05, 0.1) is 6.20 Å². The summed E-state index contributed by atoms with van der Waals surface area (Å²) in [5.74, 6) is -1.31. The monoisotopic (exact) mass is 255 g/mol. The molecule has 1 heterocycles. The van der Waals surface area contributed by atoms with Crippen LogP contribution in [0.2, 0.25) is 0 Å². The van der Waals surface area contributed by atoms with E-state index in [0.29, 0.717) is 13.1 Å². The summed E-state index contributed by atoms with van der Waals surface area (Å²) in [6.45, 7) is 0.672. The third-order valence-electron chi connectivity index (χ3n) is 2.27. The molecular formula is C10H17N5O3. The zero-order chi connectivity index (χ0) is 13.5. The predicted molar refractivity (Wildman–Crippen MR) is 62.8 cm³/mol. The van der Waals surface area contributed by atoms with Gasteiger partial charge in [0.2, 0.25) is 5.91 Å². The summed E-state index contributed by atoms with van der Waals surface area (Å²) in [6.07, 6.45) is 3.03. The van der Waals surface area contributed by atoms with E-state index < -0.39 is 5.97 Å². The smallest absolute Gasteiger partial charge is 0.323 e. The fourth-order valence-corrected chi connectivity index (χ4v) is 1.33. The van der Waals surface area contributed by atoms with Crippen LogP contribution in [0.25, 0.3) is 0 Å². The normalized spacial score (nSPS) is 10.6. The van der Waals surface area contributed by atoms with Gasteiger partial charge in [-0.3, -0.25) is 9.59 Å². The summed E-state index contributed by atoms with van der Waals surface area (Å²) in [4.78, 5) is 25.8. The van der Waals surface area contributed by atoms with E-state index in [2.05, 4.69) is 10.3 Å². The standard InChI is InChI=1S/C10H17N5O3/c1-13(2)5-6-14(8-10(17)18)9(16)7-15-4-3-11-12-15/h3-4H,5-8H2,1-2H3,(H,17,18). The highest BCUT2D eigenvalue weighted by Crippen LogP contribution is 1.94. The molecule has 100 valence electrons. The first kappa shape index (κ1) is 14.1. The topological polar surface area (TPSA) is 91.6 Å². The number of carboxylic acid groups (broad SMARTS) is 1. The molecule has 0 fully saturated rings. The first-order valence-corrected chi connectivity index (χ1v) is 5.47. The molecular weight excluding hydrogens is 238 g/mol. The maximum absolute atomic E-state index is 11.9. The minimum atomic E-state index is -1.03. The van der Waals surface area contributed by atoms with Crippen LogP contribution >= 0.6 is 0 Å². The molecule has 0 spiro atoms. The number of nitrogens with zero attached hydrogens (tertiary/aromatic N) is 5. The quantitative estimate of drug-likeness (QED) is 0.654. The van der Waals surface area contributed by atoms with Crippen molar-refractivity contribution in [3.05, 3.63) is 12.4 Å². The van der Waals surface area contributed by atoms with Gasteiger partial charge in [-0.25, -0.2) is 4.68 Å². The van der Waals surface area contributed by atoms with Gasteiger partial charge in [-0.15, -0.1) is 5.10 Å². The second kappa shape index (κ2) is 6.70. The van der Waals surface area contributed by atoms with Crippen molar-refractivity contribution < 1.29 is 14.7 Å². The van der Waals surface area contributed by atoms with Crippen molar-refractivity contribution >= 4 is 11.9 Å². The van der Waals surface area contributed by atoms with Gasteiger partial charge >= 0.3 is 5.97 Å². The molecule has 0 radical (unpaired) electrons. The van der Waals surface area contributed by atoms with Crippen LogP contribution in [0.4, 0.5) is 0 Å². The second-order valence-electron chi connectivity index (χ2n) is 4.11. The van der Waals surface area contributed by atoms with Gasteiger partial charge < -0.3 is 14.9 Å². The minimum absolute atomic E-state index is 0.000703. The summed E-state index contributed by atoms with van der Waals surface area (Å²) in [6, 6.07) is 0. The lowest BCUT2D eigenvalue weighted by Crippen LogP contribution is -2.41. The Bertz CT molecular complexity index is 390. The summed E-state index contributed by atoms with van der Waals surface area (Å²) in [5.41, 5.74) is 0. The Hall–Kier alpha value is -1.96. The number of amides is 1. The lowest BCUT2D eigenvalue weighted by molar-refractivity contribution is -0.144. The van der Waals surface area contributed by atoms with Crippen LogP contribution in [0.15, 0.2) is 12.4 Å². The number of rotatable bonds is 7. The zero-order valence-corrected chi connectivity index (χ0v) is 10.5. The van der Waals surface area contributed by atoms with Gasteiger partial charge in [0.25, 0.3) is 0 Å². The molecule has 0 aliphatic carbocycles. The highest BCUT2D eigenvalue weighted by Gasteiger charge is 2.17. The number of aromatic nitrogens is 3. The highest BCUT2D eigenvalue weighted by molar-refractivity contribution is 5.81. The molecule has 0 saturated heterocycles. The van der Waals surface area contributed by atoms with E-state index in [1.54, 1.807) is 6.20 Å². The molecule has 0 saturated carbocycles. The molecule has 1 rings (SSSR count). The van der Waals surface area contributed by atoms with Gasteiger partial charge in [-0.2, -0.15) is 0 Å². The van der Waals surface area contributed by atoms with E-state index in [-0.39, 0.29) is 19.0 Å². The van der Waals surface area contributed by atoms with E-state index in [0.717, 1.165) is 0 Å². The van der Waals surface area contributed by atoms with Crippen molar-refractivity contribution in [2.45, 2.75) is 6.54 Å². The predicted octanol–water partition coefficient (Wildman–Crippen LogP) is -1.25. The molecule has 1 amide bonds. The van der Waals surface area contributed by atoms with Gasteiger partial charge in [0.15, 0.2) is 0 Å². The van der Waals surface area contributed by atoms with Crippen molar-refractivity contribution in [2.24, 2.45) is 0 Å². The van der Waals surface area contributed by atoms with E-state index in [1.807, 2.05) is 19.0 Å². The largest absolute Gasteiger partial charge is 0.480 e. The summed E-state index contributed by atoms with van der Waals surface area (Å²) < 4.78 is 1.37. The maximum Gasteiger partial charge on any atom is 0.323 e. The van der Waals surface area contributed by atoms with Gasteiger partial charge in [0.1, 0.15) is 13.1 Å². The lowest BCUT2D eigenvalue weighted by Gasteiger charge is -2.22. The average molecular weight is 255 g/mol. The summed E-state index contributed by atoms with van der Waals surface area (Å²) in [5, 5.41) is 16.0. The van der Waals surface area contributed by atoms with Crippen LogP contribution in [0.3, 0.4) is 0 Å². The van der Waals surface area contributed by atoms with Gasteiger partial charge in [-0.1, -0.05) is 5.21 Å².